The maximum atomic E-state index is 5.72. The van der Waals surface area contributed by atoms with Gasteiger partial charge in [-0.15, -0.1) is 0 Å². The van der Waals surface area contributed by atoms with Crippen molar-refractivity contribution in [1.29, 1.82) is 0 Å². The van der Waals surface area contributed by atoms with Gasteiger partial charge in [0.1, 0.15) is 0 Å². The van der Waals surface area contributed by atoms with Crippen LogP contribution in [0.15, 0.2) is 0 Å². The van der Waals surface area contributed by atoms with Crippen LogP contribution in [-0.4, -0.2) is 25.8 Å². The largest absolute Gasteiger partial charge is 0.343 e. The summed E-state index contributed by atoms with van der Waals surface area (Å²) in [5.41, 5.74) is 0.0790. The molecule has 2 bridgehead atoms. The molecule has 3 fully saturated rings. The standard InChI is InChI=1S/C13H23O3.Zn/c1-3-4-5-6-7-8-13-14-9-12(2,10-15-13)11-16-13;/h1,3-11H2,2H3;/q-1;. The van der Waals surface area contributed by atoms with Crippen LogP contribution in [0.3, 0.4) is 0 Å². The summed E-state index contributed by atoms with van der Waals surface area (Å²) in [6, 6.07) is 0. The number of hydrogen-bond donors (Lipinski definition) is 0. The summed E-state index contributed by atoms with van der Waals surface area (Å²) in [7, 11) is 0. The molecule has 0 saturated carbocycles. The van der Waals surface area contributed by atoms with E-state index in [1.54, 1.807) is 0 Å². The van der Waals surface area contributed by atoms with Crippen LogP contribution in [-0.2, 0) is 33.7 Å². The second-order valence-corrected chi connectivity index (χ2v) is 5.38. The molecule has 3 nitrogen and oxygen atoms in total. The monoisotopic (exact) mass is 291 g/mol. The summed E-state index contributed by atoms with van der Waals surface area (Å²) in [5.74, 6) is -0.706. The Morgan fingerprint density at radius 2 is 1.47 bits per heavy atom. The minimum absolute atomic E-state index is 0. The minimum Gasteiger partial charge on any atom is -0.343 e. The maximum absolute atomic E-state index is 5.72. The average Bonchev–Trinajstić information content (AvgIpc) is 2.31. The summed E-state index contributed by atoms with van der Waals surface area (Å²) in [5, 5.41) is 0. The normalized spacial score (nSPS) is 35.6. The first-order valence-electron chi connectivity index (χ1n) is 6.39. The molecule has 0 aromatic rings. The van der Waals surface area contributed by atoms with Crippen molar-refractivity contribution in [2.24, 2.45) is 5.41 Å². The van der Waals surface area contributed by atoms with Gasteiger partial charge in [-0.05, 0) is 6.42 Å². The van der Waals surface area contributed by atoms with Gasteiger partial charge < -0.3 is 21.1 Å². The van der Waals surface area contributed by atoms with E-state index >= 15 is 0 Å². The van der Waals surface area contributed by atoms with Gasteiger partial charge in [0.05, 0.1) is 19.8 Å². The van der Waals surface area contributed by atoms with E-state index in [-0.39, 0.29) is 24.9 Å². The van der Waals surface area contributed by atoms with Crippen LogP contribution in [0.2, 0.25) is 0 Å². The van der Waals surface area contributed by atoms with Gasteiger partial charge >= 0.3 is 0 Å². The number of ether oxygens (including phenoxy) is 3. The van der Waals surface area contributed by atoms with Gasteiger partial charge in [0, 0.05) is 31.3 Å². The predicted molar refractivity (Wildman–Crippen MR) is 61.8 cm³/mol. The van der Waals surface area contributed by atoms with Crippen LogP contribution in [0, 0.1) is 12.3 Å². The molecule has 0 aliphatic carbocycles. The zero-order valence-corrected chi connectivity index (χ0v) is 14.0. The summed E-state index contributed by atoms with van der Waals surface area (Å²) in [6.07, 6.45) is 6.68. The Hall–Kier alpha value is 0.503. The van der Waals surface area contributed by atoms with Crippen molar-refractivity contribution >= 4 is 0 Å². The van der Waals surface area contributed by atoms with Crippen LogP contribution in [0.1, 0.15) is 45.4 Å². The fourth-order valence-corrected chi connectivity index (χ4v) is 2.19. The van der Waals surface area contributed by atoms with E-state index in [0.29, 0.717) is 0 Å². The van der Waals surface area contributed by atoms with E-state index < -0.39 is 5.97 Å². The molecular formula is C13H23O3Zn-. The Morgan fingerprint density at radius 3 is 2.00 bits per heavy atom. The van der Waals surface area contributed by atoms with E-state index in [1.165, 1.54) is 19.3 Å². The Bertz CT molecular complexity index is 208. The zero-order chi connectivity index (χ0) is 11.5. The molecule has 4 heteroatoms. The molecule has 0 atom stereocenters. The Morgan fingerprint density at radius 1 is 0.941 bits per heavy atom. The molecule has 0 N–H and O–H groups in total. The molecule has 0 radical (unpaired) electrons. The fourth-order valence-electron chi connectivity index (χ4n) is 2.19. The van der Waals surface area contributed by atoms with Crippen LogP contribution >= 0.6 is 0 Å². The first-order valence-corrected chi connectivity index (χ1v) is 6.39. The average molecular weight is 293 g/mol. The first-order chi connectivity index (χ1) is 7.68. The first kappa shape index (κ1) is 15.6. The second-order valence-electron chi connectivity index (χ2n) is 5.38. The van der Waals surface area contributed by atoms with Crippen molar-refractivity contribution in [2.45, 2.75) is 51.4 Å². The van der Waals surface area contributed by atoms with Gasteiger partial charge in [-0.2, -0.15) is 6.42 Å². The molecule has 0 aromatic carbocycles. The molecule has 17 heavy (non-hydrogen) atoms. The second kappa shape index (κ2) is 6.61. The van der Waals surface area contributed by atoms with Crippen LogP contribution < -0.4 is 0 Å². The molecule has 0 unspecified atom stereocenters. The summed E-state index contributed by atoms with van der Waals surface area (Å²) in [4.78, 5) is 0. The summed E-state index contributed by atoms with van der Waals surface area (Å²) in [6.45, 7) is 8.30. The van der Waals surface area contributed by atoms with E-state index in [1.807, 2.05) is 0 Å². The van der Waals surface area contributed by atoms with Gasteiger partial charge in [-0.1, -0.05) is 26.2 Å². The number of rotatable bonds is 6. The smallest absolute Gasteiger partial charge is 0.282 e. The van der Waals surface area contributed by atoms with Gasteiger partial charge in [0.25, 0.3) is 5.97 Å². The number of unbranched alkanes of at least 4 members (excludes halogenated alkanes) is 4. The van der Waals surface area contributed by atoms with Crippen molar-refractivity contribution in [2.75, 3.05) is 19.8 Å². The van der Waals surface area contributed by atoms with Crippen molar-refractivity contribution in [3.8, 4) is 0 Å². The van der Waals surface area contributed by atoms with Crippen LogP contribution in [0.5, 0.6) is 0 Å². The number of hydrogen-bond acceptors (Lipinski definition) is 3. The molecule has 0 spiro atoms. The van der Waals surface area contributed by atoms with Crippen molar-refractivity contribution in [3.63, 3.8) is 0 Å². The summed E-state index contributed by atoms with van der Waals surface area (Å²) < 4.78 is 17.2. The van der Waals surface area contributed by atoms with Crippen molar-refractivity contribution in [1.82, 2.24) is 0 Å². The third kappa shape index (κ3) is 3.99. The van der Waals surface area contributed by atoms with E-state index in [0.717, 1.165) is 39.1 Å². The quantitative estimate of drug-likeness (QED) is 0.428. The Balaban J connectivity index is 0.00000144. The SMILES string of the molecule is [CH2-]CCCCCCC12OCC(C)(CO1)CO2.[Zn]. The molecule has 3 rings (SSSR count). The molecular weight excluding hydrogens is 270 g/mol. The van der Waals surface area contributed by atoms with E-state index in [4.69, 9.17) is 14.2 Å². The third-order valence-corrected chi connectivity index (χ3v) is 3.40. The molecule has 3 heterocycles. The van der Waals surface area contributed by atoms with E-state index in [2.05, 4.69) is 13.8 Å². The Labute approximate surface area is 117 Å². The fraction of sp³-hybridized carbons (Fsp3) is 0.923. The van der Waals surface area contributed by atoms with E-state index in [9.17, 15) is 0 Å². The van der Waals surface area contributed by atoms with Gasteiger partial charge in [0.2, 0.25) is 0 Å². The van der Waals surface area contributed by atoms with Crippen molar-refractivity contribution in [3.05, 3.63) is 6.92 Å². The zero-order valence-electron chi connectivity index (χ0n) is 11.0. The minimum atomic E-state index is -0.706. The predicted octanol–water partition coefficient (Wildman–Crippen LogP) is 2.90. The van der Waals surface area contributed by atoms with Crippen LogP contribution in [0.25, 0.3) is 0 Å². The molecule has 3 aliphatic rings. The summed E-state index contributed by atoms with van der Waals surface area (Å²) >= 11 is 0. The maximum Gasteiger partial charge on any atom is 0.282 e. The number of fused-ring (bicyclic) bond motifs is 3. The van der Waals surface area contributed by atoms with Crippen LogP contribution in [0.4, 0.5) is 0 Å². The van der Waals surface area contributed by atoms with Gasteiger partial charge in [-0.3, -0.25) is 0 Å². The van der Waals surface area contributed by atoms with Crippen molar-refractivity contribution < 1.29 is 33.7 Å². The van der Waals surface area contributed by atoms with Gasteiger partial charge in [0.15, 0.2) is 0 Å². The molecule has 96 valence electrons. The van der Waals surface area contributed by atoms with Gasteiger partial charge in [-0.25, -0.2) is 0 Å². The molecule has 0 aromatic heterocycles. The molecule has 3 aliphatic heterocycles. The molecule has 3 saturated heterocycles. The third-order valence-electron chi connectivity index (χ3n) is 3.40. The Kier molecular flexibility index (Phi) is 6.05. The topological polar surface area (TPSA) is 27.7 Å². The molecule has 0 amide bonds.